The van der Waals surface area contributed by atoms with E-state index in [2.05, 4.69) is 39.9 Å². The Hall–Kier alpha value is -0.0800. The second kappa shape index (κ2) is 7.38. The maximum atomic E-state index is 5.59. The first-order chi connectivity index (χ1) is 8.04. The van der Waals surface area contributed by atoms with E-state index in [0.29, 0.717) is 18.0 Å². The molecule has 0 aromatic rings. The Kier molecular flexibility index (Phi) is 6.50. The third-order valence-electron chi connectivity index (χ3n) is 4.17. The first-order valence-electron chi connectivity index (χ1n) is 7.38. The van der Waals surface area contributed by atoms with Crippen molar-refractivity contribution in [3.63, 3.8) is 0 Å². The lowest BCUT2D eigenvalue weighted by atomic mass is 9.79. The molecule has 1 aliphatic carbocycles. The smallest absolute Gasteiger partial charge is 0.0622 e. The molecule has 0 heterocycles. The molecule has 0 spiro atoms. The van der Waals surface area contributed by atoms with Gasteiger partial charge in [0.25, 0.3) is 0 Å². The Morgan fingerprint density at radius 3 is 2.47 bits per heavy atom. The minimum Gasteiger partial charge on any atom is -0.380 e. The van der Waals surface area contributed by atoms with E-state index >= 15 is 0 Å². The summed E-state index contributed by atoms with van der Waals surface area (Å²) >= 11 is 0. The number of nitrogens with one attached hydrogen (secondary N) is 1. The van der Waals surface area contributed by atoms with E-state index in [0.717, 1.165) is 25.0 Å². The lowest BCUT2D eigenvalue weighted by Crippen LogP contribution is -2.48. The molecule has 2 heteroatoms. The van der Waals surface area contributed by atoms with E-state index < -0.39 is 0 Å². The van der Waals surface area contributed by atoms with Crippen LogP contribution in [-0.4, -0.2) is 25.3 Å². The highest BCUT2D eigenvalue weighted by atomic mass is 16.5. The van der Waals surface area contributed by atoms with E-state index in [1.165, 1.54) is 19.3 Å². The zero-order valence-corrected chi connectivity index (χ0v) is 12.3. The van der Waals surface area contributed by atoms with E-state index in [4.69, 9.17) is 4.74 Å². The van der Waals surface area contributed by atoms with Crippen molar-refractivity contribution in [1.29, 1.82) is 0 Å². The molecule has 0 aliphatic heterocycles. The topological polar surface area (TPSA) is 21.3 Å². The van der Waals surface area contributed by atoms with Crippen LogP contribution in [0.15, 0.2) is 0 Å². The fourth-order valence-corrected chi connectivity index (χ4v) is 2.87. The summed E-state index contributed by atoms with van der Waals surface area (Å²) in [5, 5.41) is 3.84. The van der Waals surface area contributed by atoms with Crippen LogP contribution in [0.25, 0.3) is 0 Å². The van der Waals surface area contributed by atoms with Crippen molar-refractivity contribution in [3.05, 3.63) is 0 Å². The summed E-state index contributed by atoms with van der Waals surface area (Å²) in [5.41, 5.74) is 0. The second-order valence-electron chi connectivity index (χ2n) is 6.18. The lowest BCUT2D eigenvalue weighted by molar-refractivity contribution is 0.0917. The summed E-state index contributed by atoms with van der Waals surface area (Å²) in [6, 6.07) is 1.20. The molecule has 1 fully saturated rings. The maximum Gasteiger partial charge on any atom is 0.0622 e. The molecule has 4 unspecified atom stereocenters. The van der Waals surface area contributed by atoms with Gasteiger partial charge in [0.05, 0.1) is 6.61 Å². The second-order valence-corrected chi connectivity index (χ2v) is 6.18. The highest BCUT2D eigenvalue weighted by Crippen LogP contribution is 2.29. The predicted octanol–water partition coefficient (Wildman–Crippen LogP) is 3.46. The number of hydrogen-bond acceptors (Lipinski definition) is 2. The maximum absolute atomic E-state index is 5.59. The van der Waals surface area contributed by atoms with Gasteiger partial charge < -0.3 is 10.1 Å². The molecule has 1 rings (SSSR count). The van der Waals surface area contributed by atoms with Crippen molar-refractivity contribution in [2.45, 2.75) is 66.0 Å². The van der Waals surface area contributed by atoms with Crippen LogP contribution >= 0.6 is 0 Å². The Balaban J connectivity index is 2.43. The average molecular weight is 241 g/mol. The summed E-state index contributed by atoms with van der Waals surface area (Å²) in [6.07, 6.45) is 4.08. The summed E-state index contributed by atoms with van der Waals surface area (Å²) in [5.74, 6) is 2.36. The van der Waals surface area contributed by atoms with Crippen molar-refractivity contribution in [2.75, 3.05) is 13.2 Å². The summed E-state index contributed by atoms with van der Waals surface area (Å²) in [6.45, 7) is 13.1. The molecule has 4 atom stereocenters. The van der Waals surface area contributed by atoms with Gasteiger partial charge in [0, 0.05) is 18.7 Å². The van der Waals surface area contributed by atoms with Crippen LogP contribution in [0.1, 0.15) is 53.9 Å². The van der Waals surface area contributed by atoms with Crippen molar-refractivity contribution in [2.24, 2.45) is 17.8 Å². The minimum absolute atomic E-state index is 0.510. The molecular weight excluding hydrogens is 210 g/mol. The van der Waals surface area contributed by atoms with Gasteiger partial charge in [0.15, 0.2) is 0 Å². The summed E-state index contributed by atoms with van der Waals surface area (Å²) in [7, 11) is 0. The standard InChI is InChI=1S/C15H31NO/c1-6-17-10-15(11(2)3)16-14-8-7-12(4)9-13(14)5/h11-16H,6-10H2,1-5H3. The van der Waals surface area contributed by atoms with E-state index in [9.17, 15) is 0 Å². The van der Waals surface area contributed by atoms with Crippen LogP contribution in [0.4, 0.5) is 0 Å². The fraction of sp³-hybridized carbons (Fsp3) is 1.00. The molecule has 0 aromatic heterocycles. The molecule has 1 saturated carbocycles. The molecule has 0 amide bonds. The Morgan fingerprint density at radius 1 is 1.24 bits per heavy atom. The van der Waals surface area contributed by atoms with E-state index in [1.807, 2.05) is 0 Å². The van der Waals surface area contributed by atoms with Gasteiger partial charge in [-0.3, -0.25) is 0 Å². The molecule has 0 bridgehead atoms. The largest absolute Gasteiger partial charge is 0.380 e. The monoisotopic (exact) mass is 241 g/mol. The zero-order chi connectivity index (χ0) is 12.8. The van der Waals surface area contributed by atoms with Crippen LogP contribution in [-0.2, 0) is 4.74 Å². The molecule has 0 saturated heterocycles. The predicted molar refractivity (Wildman–Crippen MR) is 74.2 cm³/mol. The Morgan fingerprint density at radius 2 is 1.94 bits per heavy atom. The molecule has 0 radical (unpaired) electrons. The first-order valence-corrected chi connectivity index (χ1v) is 7.38. The van der Waals surface area contributed by atoms with Crippen LogP contribution in [0.3, 0.4) is 0 Å². The van der Waals surface area contributed by atoms with Gasteiger partial charge in [-0.05, 0) is 43.9 Å². The van der Waals surface area contributed by atoms with Crippen LogP contribution in [0.5, 0.6) is 0 Å². The average Bonchev–Trinajstić information content (AvgIpc) is 2.26. The van der Waals surface area contributed by atoms with E-state index in [1.54, 1.807) is 0 Å². The third-order valence-corrected chi connectivity index (χ3v) is 4.17. The highest BCUT2D eigenvalue weighted by molar-refractivity contribution is 4.84. The molecular formula is C15H31NO. The highest BCUT2D eigenvalue weighted by Gasteiger charge is 2.27. The van der Waals surface area contributed by atoms with Crippen LogP contribution < -0.4 is 5.32 Å². The molecule has 1 aliphatic rings. The minimum atomic E-state index is 0.510. The molecule has 0 aromatic carbocycles. The Labute approximate surface area is 108 Å². The first kappa shape index (κ1) is 15.0. The summed E-state index contributed by atoms with van der Waals surface area (Å²) in [4.78, 5) is 0. The van der Waals surface area contributed by atoms with Crippen LogP contribution in [0.2, 0.25) is 0 Å². The number of ether oxygens (including phenoxy) is 1. The van der Waals surface area contributed by atoms with Crippen LogP contribution in [0, 0.1) is 17.8 Å². The van der Waals surface area contributed by atoms with Gasteiger partial charge in [0.1, 0.15) is 0 Å². The third kappa shape index (κ3) is 4.97. The van der Waals surface area contributed by atoms with Gasteiger partial charge in [-0.2, -0.15) is 0 Å². The van der Waals surface area contributed by atoms with Gasteiger partial charge in [-0.1, -0.05) is 27.7 Å². The number of hydrogen-bond donors (Lipinski definition) is 1. The van der Waals surface area contributed by atoms with Gasteiger partial charge in [-0.15, -0.1) is 0 Å². The number of rotatable bonds is 6. The fourth-order valence-electron chi connectivity index (χ4n) is 2.87. The zero-order valence-electron chi connectivity index (χ0n) is 12.3. The van der Waals surface area contributed by atoms with Crippen molar-refractivity contribution in [3.8, 4) is 0 Å². The quantitative estimate of drug-likeness (QED) is 0.769. The molecule has 17 heavy (non-hydrogen) atoms. The molecule has 2 nitrogen and oxygen atoms in total. The molecule has 102 valence electrons. The van der Waals surface area contributed by atoms with Gasteiger partial charge >= 0.3 is 0 Å². The lowest BCUT2D eigenvalue weighted by Gasteiger charge is -2.37. The van der Waals surface area contributed by atoms with Gasteiger partial charge in [0.2, 0.25) is 0 Å². The SMILES string of the molecule is CCOCC(NC1CCC(C)CC1C)C(C)C. The molecule has 1 N–H and O–H groups in total. The normalized spacial score (nSPS) is 31.8. The Bertz CT molecular complexity index is 203. The van der Waals surface area contributed by atoms with Gasteiger partial charge in [-0.25, -0.2) is 0 Å². The van der Waals surface area contributed by atoms with E-state index in [-0.39, 0.29) is 0 Å². The van der Waals surface area contributed by atoms with Crippen molar-refractivity contribution >= 4 is 0 Å². The summed E-state index contributed by atoms with van der Waals surface area (Å²) < 4.78 is 5.59. The van der Waals surface area contributed by atoms with Crippen molar-refractivity contribution in [1.82, 2.24) is 5.32 Å². The van der Waals surface area contributed by atoms with Crippen molar-refractivity contribution < 1.29 is 4.74 Å².